The van der Waals surface area contributed by atoms with Gasteiger partial charge < -0.3 is 5.11 Å². The van der Waals surface area contributed by atoms with Crippen LogP contribution in [0, 0.1) is 0 Å². The molecule has 2 nitrogen and oxygen atoms in total. The largest absolute Gasteiger partial charge is 0.481 e. The van der Waals surface area contributed by atoms with Crippen LogP contribution in [0.3, 0.4) is 0 Å². The topological polar surface area (TPSA) is 37.3 Å². The van der Waals surface area contributed by atoms with Crippen molar-refractivity contribution in [2.75, 3.05) is 0 Å². The standard InChI is InChI=1S/C6H4Cl2.C3H6O2/c7-5-2-1-3-6(8)4-5;1-2-3(4)5/h1-4H;2H2,1H3,(H,4,5). The van der Waals surface area contributed by atoms with Crippen LogP contribution in [-0.2, 0) is 4.79 Å². The minimum absolute atomic E-state index is 0.222. The van der Waals surface area contributed by atoms with Crippen molar-refractivity contribution in [1.29, 1.82) is 0 Å². The predicted molar refractivity (Wildman–Crippen MR) is 54.4 cm³/mol. The first-order valence-corrected chi connectivity index (χ1v) is 4.44. The molecule has 0 spiro atoms. The van der Waals surface area contributed by atoms with E-state index in [0.717, 1.165) is 0 Å². The van der Waals surface area contributed by atoms with Crippen LogP contribution in [-0.4, -0.2) is 11.1 Å². The van der Waals surface area contributed by atoms with Crippen molar-refractivity contribution in [2.24, 2.45) is 0 Å². The third-order valence-corrected chi connectivity index (χ3v) is 1.56. The number of rotatable bonds is 1. The lowest BCUT2D eigenvalue weighted by Crippen LogP contribution is -1.86. The van der Waals surface area contributed by atoms with Gasteiger partial charge in [-0.05, 0) is 18.2 Å². The average molecular weight is 221 g/mol. The van der Waals surface area contributed by atoms with Gasteiger partial charge in [-0.2, -0.15) is 0 Å². The first-order chi connectivity index (χ1) is 6.06. The van der Waals surface area contributed by atoms with Gasteiger partial charge in [-0.3, -0.25) is 4.79 Å². The lowest BCUT2D eigenvalue weighted by molar-refractivity contribution is -0.136. The molecule has 0 saturated heterocycles. The summed E-state index contributed by atoms with van der Waals surface area (Å²) in [5.74, 6) is -0.745. The van der Waals surface area contributed by atoms with Crippen LogP contribution in [0.5, 0.6) is 0 Å². The Morgan fingerprint density at radius 3 is 1.92 bits per heavy atom. The first-order valence-electron chi connectivity index (χ1n) is 3.69. The van der Waals surface area contributed by atoms with Gasteiger partial charge >= 0.3 is 5.97 Å². The van der Waals surface area contributed by atoms with Gasteiger partial charge in [0, 0.05) is 16.5 Å². The van der Waals surface area contributed by atoms with Gasteiger partial charge in [0.05, 0.1) is 0 Å². The van der Waals surface area contributed by atoms with Gasteiger partial charge in [0.15, 0.2) is 0 Å². The summed E-state index contributed by atoms with van der Waals surface area (Å²) in [6.07, 6.45) is 0.222. The maximum atomic E-state index is 9.37. The van der Waals surface area contributed by atoms with Crippen molar-refractivity contribution in [1.82, 2.24) is 0 Å². The molecule has 13 heavy (non-hydrogen) atoms. The van der Waals surface area contributed by atoms with Gasteiger partial charge in [0.1, 0.15) is 0 Å². The van der Waals surface area contributed by atoms with Crippen molar-refractivity contribution in [3.8, 4) is 0 Å². The molecule has 0 radical (unpaired) electrons. The van der Waals surface area contributed by atoms with Crippen LogP contribution in [0.2, 0.25) is 10.0 Å². The fourth-order valence-corrected chi connectivity index (χ4v) is 0.896. The minimum atomic E-state index is -0.745. The monoisotopic (exact) mass is 220 g/mol. The summed E-state index contributed by atoms with van der Waals surface area (Å²) in [6.45, 7) is 1.60. The van der Waals surface area contributed by atoms with Crippen molar-refractivity contribution in [3.63, 3.8) is 0 Å². The number of carbonyl (C=O) groups is 1. The first kappa shape index (κ1) is 12.3. The summed E-state index contributed by atoms with van der Waals surface area (Å²) in [5.41, 5.74) is 0. The maximum Gasteiger partial charge on any atom is 0.303 e. The minimum Gasteiger partial charge on any atom is -0.481 e. The highest BCUT2D eigenvalue weighted by atomic mass is 35.5. The molecule has 0 atom stereocenters. The van der Waals surface area contributed by atoms with E-state index in [1.165, 1.54) is 0 Å². The number of carboxylic acid groups (broad SMARTS) is 1. The van der Waals surface area contributed by atoms with Crippen LogP contribution in [0.1, 0.15) is 13.3 Å². The molecule has 72 valence electrons. The molecule has 0 aliphatic carbocycles. The number of benzene rings is 1. The summed E-state index contributed by atoms with van der Waals surface area (Å²) in [7, 11) is 0. The Bertz CT molecular complexity index is 257. The van der Waals surface area contributed by atoms with E-state index in [1.54, 1.807) is 25.1 Å². The third-order valence-electron chi connectivity index (χ3n) is 1.09. The summed E-state index contributed by atoms with van der Waals surface area (Å²) >= 11 is 11.1. The zero-order valence-electron chi connectivity index (χ0n) is 7.13. The lowest BCUT2D eigenvalue weighted by atomic mass is 10.4. The second-order valence-electron chi connectivity index (χ2n) is 2.19. The van der Waals surface area contributed by atoms with E-state index in [9.17, 15) is 4.79 Å². The predicted octanol–water partition coefficient (Wildman–Crippen LogP) is 3.47. The van der Waals surface area contributed by atoms with Crippen LogP contribution in [0.25, 0.3) is 0 Å². The number of hydrogen-bond acceptors (Lipinski definition) is 1. The van der Waals surface area contributed by atoms with E-state index in [0.29, 0.717) is 10.0 Å². The molecule has 1 aromatic rings. The van der Waals surface area contributed by atoms with E-state index in [4.69, 9.17) is 28.3 Å². The van der Waals surface area contributed by atoms with E-state index in [1.807, 2.05) is 6.07 Å². The van der Waals surface area contributed by atoms with E-state index in [2.05, 4.69) is 0 Å². The second kappa shape index (κ2) is 6.75. The quantitative estimate of drug-likeness (QED) is 0.788. The molecule has 0 heterocycles. The normalized spacial score (nSPS) is 8.54. The Hall–Kier alpha value is -0.730. The van der Waals surface area contributed by atoms with Crippen LogP contribution < -0.4 is 0 Å². The molecule has 0 amide bonds. The lowest BCUT2D eigenvalue weighted by Gasteiger charge is -1.86. The molecule has 0 bridgehead atoms. The van der Waals surface area contributed by atoms with Crippen LogP contribution in [0.4, 0.5) is 0 Å². The molecular weight excluding hydrogens is 211 g/mol. The zero-order valence-corrected chi connectivity index (χ0v) is 8.64. The number of aliphatic carboxylic acids is 1. The van der Waals surface area contributed by atoms with E-state index in [-0.39, 0.29) is 6.42 Å². The van der Waals surface area contributed by atoms with E-state index < -0.39 is 5.97 Å². The maximum absolute atomic E-state index is 9.37. The Labute approximate surface area is 87.1 Å². The van der Waals surface area contributed by atoms with Crippen molar-refractivity contribution < 1.29 is 9.90 Å². The second-order valence-corrected chi connectivity index (χ2v) is 3.06. The molecule has 0 unspecified atom stereocenters. The summed E-state index contributed by atoms with van der Waals surface area (Å²) < 4.78 is 0. The molecule has 0 aliphatic rings. The van der Waals surface area contributed by atoms with Crippen molar-refractivity contribution in [3.05, 3.63) is 34.3 Å². The van der Waals surface area contributed by atoms with Gasteiger partial charge in [0.25, 0.3) is 0 Å². The summed E-state index contributed by atoms with van der Waals surface area (Å²) in [5, 5.41) is 9.08. The van der Waals surface area contributed by atoms with Gasteiger partial charge in [-0.25, -0.2) is 0 Å². The van der Waals surface area contributed by atoms with Crippen molar-refractivity contribution in [2.45, 2.75) is 13.3 Å². The molecule has 0 aliphatic heterocycles. The Morgan fingerprint density at radius 2 is 1.77 bits per heavy atom. The zero-order chi connectivity index (χ0) is 10.3. The Balaban J connectivity index is 0.000000252. The fraction of sp³-hybridized carbons (Fsp3) is 0.222. The van der Waals surface area contributed by atoms with Gasteiger partial charge in [-0.1, -0.05) is 36.2 Å². The molecule has 1 rings (SSSR count). The van der Waals surface area contributed by atoms with E-state index >= 15 is 0 Å². The highest BCUT2D eigenvalue weighted by Crippen LogP contribution is 2.13. The molecule has 4 heteroatoms. The molecule has 0 saturated carbocycles. The van der Waals surface area contributed by atoms with Crippen molar-refractivity contribution >= 4 is 29.2 Å². The molecule has 0 aromatic heterocycles. The fourth-order valence-electron chi connectivity index (χ4n) is 0.460. The summed E-state index contributed by atoms with van der Waals surface area (Å²) in [6, 6.07) is 7.08. The summed E-state index contributed by atoms with van der Waals surface area (Å²) in [4.78, 5) is 9.37. The number of carboxylic acids is 1. The highest BCUT2D eigenvalue weighted by Gasteiger charge is 1.85. The molecule has 0 fully saturated rings. The van der Waals surface area contributed by atoms with Crippen LogP contribution >= 0.6 is 23.2 Å². The smallest absolute Gasteiger partial charge is 0.303 e. The molecular formula is C9H10Cl2O2. The average Bonchev–Trinajstić information content (AvgIpc) is 2.05. The third kappa shape index (κ3) is 7.62. The molecule has 1 aromatic carbocycles. The SMILES string of the molecule is CCC(=O)O.Clc1cccc(Cl)c1. The number of halogens is 2. The van der Waals surface area contributed by atoms with Gasteiger partial charge in [0.2, 0.25) is 0 Å². The Morgan fingerprint density at radius 1 is 1.38 bits per heavy atom. The molecule has 1 N–H and O–H groups in total. The van der Waals surface area contributed by atoms with Crippen LogP contribution in [0.15, 0.2) is 24.3 Å². The Kier molecular flexibility index (Phi) is 6.37. The van der Waals surface area contributed by atoms with Gasteiger partial charge in [-0.15, -0.1) is 0 Å². The highest BCUT2D eigenvalue weighted by molar-refractivity contribution is 6.34. The number of hydrogen-bond donors (Lipinski definition) is 1.